The number of thiophene rings is 2. The molecule has 28 heavy (non-hydrogen) atoms. The fourth-order valence-electron chi connectivity index (χ4n) is 4.24. The van der Waals surface area contributed by atoms with Crippen LogP contribution in [0.1, 0.15) is 61.0 Å². The molecule has 2 aliphatic rings. The van der Waals surface area contributed by atoms with E-state index in [4.69, 9.17) is 16.5 Å². The van der Waals surface area contributed by atoms with Gasteiger partial charge in [0.2, 0.25) is 0 Å². The van der Waals surface area contributed by atoms with Crippen molar-refractivity contribution in [1.82, 2.24) is 4.98 Å². The van der Waals surface area contributed by atoms with Crippen molar-refractivity contribution in [3.63, 3.8) is 0 Å². The molecule has 0 aliphatic heterocycles. The first-order valence-electron chi connectivity index (χ1n) is 9.49. The molecule has 0 spiro atoms. The minimum Gasteiger partial charge on any atom is -0.397 e. The molecule has 0 atom stereocenters. The van der Waals surface area contributed by atoms with Gasteiger partial charge in [-0.25, -0.2) is 4.98 Å². The van der Waals surface area contributed by atoms with Crippen LogP contribution >= 0.6 is 22.7 Å². The van der Waals surface area contributed by atoms with Crippen LogP contribution in [-0.2, 0) is 25.7 Å². The van der Waals surface area contributed by atoms with Crippen molar-refractivity contribution in [3.8, 4) is 0 Å². The van der Waals surface area contributed by atoms with Crippen LogP contribution < -0.4 is 16.8 Å². The van der Waals surface area contributed by atoms with E-state index in [0.717, 1.165) is 71.3 Å². The second-order valence-electron chi connectivity index (χ2n) is 7.38. The number of nitrogen functional groups attached to an aromatic ring is 1. The number of amides is 2. The Hall–Kier alpha value is -2.45. The first kappa shape index (κ1) is 17.6. The Morgan fingerprint density at radius 3 is 2.71 bits per heavy atom. The molecule has 0 saturated carbocycles. The number of carbonyl (C=O) groups excluding carboxylic acids is 2. The Bertz CT molecular complexity index is 1150. The van der Waals surface area contributed by atoms with E-state index in [9.17, 15) is 9.59 Å². The van der Waals surface area contributed by atoms with Gasteiger partial charge >= 0.3 is 0 Å². The van der Waals surface area contributed by atoms with Gasteiger partial charge in [-0.15, -0.1) is 22.7 Å². The lowest BCUT2D eigenvalue weighted by molar-refractivity contribution is 0.100. The van der Waals surface area contributed by atoms with Crippen LogP contribution in [0.4, 0.5) is 10.7 Å². The summed E-state index contributed by atoms with van der Waals surface area (Å²) in [7, 11) is 0. The average Bonchev–Trinajstić information content (AvgIpc) is 3.35. The largest absolute Gasteiger partial charge is 0.397 e. The van der Waals surface area contributed by atoms with Crippen molar-refractivity contribution < 1.29 is 9.59 Å². The molecule has 0 aromatic carbocycles. The summed E-state index contributed by atoms with van der Waals surface area (Å²) in [5, 5.41) is 4.29. The third kappa shape index (κ3) is 2.70. The highest BCUT2D eigenvalue weighted by Gasteiger charge is 2.27. The van der Waals surface area contributed by atoms with Crippen molar-refractivity contribution in [2.45, 2.75) is 44.9 Å². The number of hydrogen-bond donors (Lipinski definition) is 3. The lowest BCUT2D eigenvalue weighted by Gasteiger charge is -2.11. The molecular formula is C20H20N4O2S2. The van der Waals surface area contributed by atoms with Gasteiger partial charge in [-0.3, -0.25) is 9.59 Å². The highest BCUT2D eigenvalue weighted by atomic mass is 32.1. The number of nitrogens with one attached hydrogen (secondary N) is 1. The third-order valence-corrected chi connectivity index (χ3v) is 7.92. The van der Waals surface area contributed by atoms with Crippen molar-refractivity contribution in [2.75, 3.05) is 11.1 Å². The molecule has 0 radical (unpaired) electrons. The van der Waals surface area contributed by atoms with Crippen LogP contribution in [0.25, 0.3) is 10.2 Å². The number of primary amides is 1. The number of aromatic nitrogens is 1. The molecule has 5 rings (SSSR count). The number of hydrogen-bond acceptors (Lipinski definition) is 6. The molecule has 6 nitrogen and oxygen atoms in total. The van der Waals surface area contributed by atoms with E-state index in [2.05, 4.69) is 11.4 Å². The highest BCUT2D eigenvalue weighted by Crippen LogP contribution is 2.40. The number of fused-ring (bicyclic) bond motifs is 3. The SMILES string of the molecule is NC(=O)c1c(NC(=O)c2sc3nc4c(cc3c2N)CCC4)sc2c1CCCC2. The number of nitrogens with zero attached hydrogens (tertiary/aromatic N) is 1. The van der Waals surface area contributed by atoms with Gasteiger partial charge in [-0.1, -0.05) is 0 Å². The minimum absolute atomic E-state index is 0.304. The fourth-order valence-corrected chi connectivity index (χ4v) is 6.52. The van der Waals surface area contributed by atoms with Crippen molar-refractivity contribution >= 4 is 55.4 Å². The topological polar surface area (TPSA) is 111 Å². The Morgan fingerprint density at radius 1 is 1.07 bits per heavy atom. The number of rotatable bonds is 3. The maximum atomic E-state index is 13.0. The summed E-state index contributed by atoms with van der Waals surface area (Å²) < 4.78 is 0. The standard InChI is InChI=1S/C20H20N4O2S2/c21-15-11-8-9-4-3-6-12(9)23-19(11)28-16(15)18(26)24-20-14(17(22)25)10-5-1-2-7-13(10)27-20/h8H,1-7,21H2,(H2,22,25)(H,24,26). The molecule has 0 unspecified atom stereocenters. The van der Waals surface area contributed by atoms with E-state index in [1.54, 1.807) is 0 Å². The van der Waals surface area contributed by atoms with Crippen LogP contribution in [0.15, 0.2) is 6.07 Å². The number of aryl methyl sites for hydroxylation is 3. The minimum atomic E-state index is -0.489. The number of pyridine rings is 1. The molecule has 3 heterocycles. The number of carbonyl (C=O) groups is 2. The monoisotopic (exact) mass is 412 g/mol. The van der Waals surface area contributed by atoms with Gasteiger partial charge in [-0.05, 0) is 62.1 Å². The molecular weight excluding hydrogens is 392 g/mol. The Morgan fingerprint density at radius 2 is 1.89 bits per heavy atom. The molecule has 3 aromatic rings. The highest BCUT2D eigenvalue weighted by molar-refractivity contribution is 7.21. The van der Waals surface area contributed by atoms with Crippen LogP contribution in [0.2, 0.25) is 0 Å². The van der Waals surface area contributed by atoms with E-state index in [0.29, 0.717) is 21.1 Å². The number of nitrogens with two attached hydrogens (primary N) is 2. The molecule has 3 aromatic heterocycles. The maximum absolute atomic E-state index is 13.0. The maximum Gasteiger partial charge on any atom is 0.268 e. The van der Waals surface area contributed by atoms with Gasteiger partial charge in [-0.2, -0.15) is 0 Å². The zero-order valence-electron chi connectivity index (χ0n) is 15.3. The third-order valence-electron chi connectivity index (χ3n) is 5.60. The summed E-state index contributed by atoms with van der Waals surface area (Å²) in [6.45, 7) is 0. The van der Waals surface area contributed by atoms with E-state index in [1.165, 1.54) is 28.2 Å². The Balaban J connectivity index is 1.52. The summed E-state index contributed by atoms with van der Waals surface area (Å²) in [5.74, 6) is -0.793. The average molecular weight is 413 g/mol. The predicted octanol–water partition coefficient (Wildman–Crippen LogP) is 3.66. The van der Waals surface area contributed by atoms with Crippen molar-refractivity contribution in [1.29, 1.82) is 0 Å². The van der Waals surface area contributed by atoms with Crippen molar-refractivity contribution in [3.05, 3.63) is 38.2 Å². The summed E-state index contributed by atoms with van der Waals surface area (Å²) in [5.41, 5.74) is 16.2. The first-order chi connectivity index (χ1) is 13.5. The van der Waals surface area contributed by atoms with Crippen LogP contribution in [0.5, 0.6) is 0 Å². The molecule has 8 heteroatoms. The van der Waals surface area contributed by atoms with E-state index in [-0.39, 0.29) is 5.91 Å². The quantitative estimate of drug-likeness (QED) is 0.609. The summed E-state index contributed by atoms with van der Waals surface area (Å²) >= 11 is 2.77. The van der Waals surface area contributed by atoms with Crippen LogP contribution in [-0.4, -0.2) is 16.8 Å². The first-order valence-corrected chi connectivity index (χ1v) is 11.1. The summed E-state index contributed by atoms with van der Waals surface area (Å²) in [4.78, 5) is 32.1. The Kier molecular flexibility index (Phi) is 4.13. The molecule has 0 bridgehead atoms. The van der Waals surface area contributed by atoms with Gasteiger partial charge in [0.05, 0.1) is 11.3 Å². The van der Waals surface area contributed by atoms with E-state index < -0.39 is 5.91 Å². The van der Waals surface area contributed by atoms with Gasteiger partial charge in [0.1, 0.15) is 14.7 Å². The predicted molar refractivity (Wildman–Crippen MR) is 113 cm³/mol. The van der Waals surface area contributed by atoms with Gasteiger partial charge in [0, 0.05) is 16.0 Å². The van der Waals surface area contributed by atoms with Gasteiger partial charge < -0.3 is 16.8 Å². The molecule has 0 saturated heterocycles. The molecule has 2 aliphatic carbocycles. The fraction of sp³-hybridized carbons (Fsp3) is 0.350. The van der Waals surface area contributed by atoms with E-state index >= 15 is 0 Å². The number of anilines is 2. The zero-order chi connectivity index (χ0) is 19.4. The zero-order valence-corrected chi connectivity index (χ0v) is 16.9. The van der Waals surface area contributed by atoms with Gasteiger partial charge in [0.15, 0.2) is 0 Å². The molecule has 2 amide bonds. The molecule has 0 fully saturated rings. The van der Waals surface area contributed by atoms with E-state index in [1.807, 2.05) is 0 Å². The normalized spacial score (nSPS) is 15.4. The summed E-state index contributed by atoms with van der Waals surface area (Å²) in [6.07, 6.45) is 7.00. The molecule has 5 N–H and O–H groups in total. The second-order valence-corrected chi connectivity index (χ2v) is 9.48. The lowest BCUT2D eigenvalue weighted by Crippen LogP contribution is -2.18. The van der Waals surface area contributed by atoms with Crippen molar-refractivity contribution in [2.24, 2.45) is 5.73 Å². The van der Waals surface area contributed by atoms with Crippen LogP contribution in [0.3, 0.4) is 0 Å². The second kappa shape index (κ2) is 6.56. The van der Waals surface area contributed by atoms with Crippen LogP contribution in [0, 0.1) is 0 Å². The lowest BCUT2D eigenvalue weighted by atomic mass is 9.95. The Labute approximate surface area is 169 Å². The molecule has 144 valence electrons. The summed E-state index contributed by atoms with van der Waals surface area (Å²) in [6, 6.07) is 2.08. The van der Waals surface area contributed by atoms with Gasteiger partial charge in [0.25, 0.3) is 11.8 Å². The smallest absolute Gasteiger partial charge is 0.268 e.